The zero-order valence-electron chi connectivity index (χ0n) is 9.02. The van der Waals surface area contributed by atoms with Gasteiger partial charge in [-0.2, -0.15) is 0 Å². The Morgan fingerprint density at radius 2 is 2.33 bits per heavy atom. The number of hydrogen-bond acceptors (Lipinski definition) is 2. The lowest BCUT2D eigenvalue weighted by Crippen LogP contribution is -2.53. The van der Waals surface area contributed by atoms with E-state index in [2.05, 4.69) is 39.4 Å². The maximum absolute atomic E-state index is 5.87. The summed E-state index contributed by atoms with van der Waals surface area (Å²) in [5.74, 6) is 0. The van der Waals surface area contributed by atoms with Crippen LogP contribution in [-0.2, 0) is 12.8 Å². The van der Waals surface area contributed by atoms with Crippen LogP contribution in [0.3, 0.4) is 0 Å². The van der Waals surface area contributed by atoms with Crippen LogP contribution in [0, 0.1) is 0 Å². The van der Waals surface area contributed by atoms with E-state index < -0.39 is 0 Å². The molecule has 0 aromatic heterocycles. The van der Waals surface area contributed by atoms with Crippen LogP contribution in [0.4, 0.5) is 0 Å². The molecule has 0 heterocycles. The number of nitrogens with one attached hydrogen (secondary N) is 1. The lowest BCUT2D eigenvalue weighted by molar-refractivity contribution is 0.316. The third-order valence-electron chi connectivity index (χ3n) is 3.52. The molecule has 0 bridgehead atoms. The van der Waals surface area contributed by atoms with Crippen molar-refractivity contribution >= 4 is 15.9 Å². The van der Waals surface area contributed by atoms with Gasteiger partial charge in [0.1, 0.15) is 0 Å². The van der Waals surface area contributed by atoms with Crippen molar-refractivity contribution in [2.24, 2.45) is 5.73 Å². The minimum absolute atomic E-state index is 0.105. The number of rotatable bonds is 2. The molecule has 0 fully saturated rings. The molecule has 0 amide bonds. The first-order valence-corrected chi connectivity index (χ1v) is 6.15. The largest absolute Gasteiger partial charge is 0.329 e. The number of hydrogen-bond donors (Lipinski definition) is 2. The van der Waals surface area contributed by atoms with Gasteiger partial charge >= 0.3 is 0 Å². The van der Waals surface area contributed by atoms with Crippen molar-refractivity contribution < 1.29 is 0 Å². The molecule has 0 radical (unpaired) electrons. The zero-order chi connectivity index (χ0) is 10.9. The van der Waals surface area contributed by atoms with Gasteiger partial charge < -0.3 is 11.1 Å². The van der Waals surface area contributed by atoms with Gasteiger partial charge in [-0.1, -0.05) is 28.1 Å². The predicted octanol–water partition coefficient (Wildman–Crippen LogP) is 1.85. The number of halogens is 1. The van der Waals surface area contributed by atoms with Crippen molar-refractivity contribution in [3.8, 4) is 0 Å². The van der Waals surface area contributed by atoms with Crippen LogP contribution in [-0.4, -0.2) is 19.1 Å². The van der Waals surface area contributed by atoms with E-state index in [0.717, 1.165) is 19.3 Å². The maximum Gasteiger partial charge on any atom is 0.0345 e. The van der Waals surface area contributed by atoms with E-state index in [-0.39, 0.29) is 5.54 Å². The quantitative estimate of drug-likeness (QED) is 0.860. The first kappa shape index (κ1) is 11.1. The number of likely N-dealkylation sites (N-methyl/N-ethyl adjacent to an activating group) is 1. The zero-order valence-corrected chi connectivity index (χ0v) is 10.6. The van der Waals surface area contributed by atoms with Gasteiger partial charge in [-0.05, 0) is 43.5 Å². The van der Waals surface area contributed by atoms with Crippen LogP contribution in [0.5, 0.6) is 0 Å². The molecule has 0 saturated heterocycles. The third-order valence-corrected chi connectivity index (χ3v) is 4.26. The van der Waals surface area contributed by atoms with Crippen molar-refractivity contribution in [1.29, 1.82) is 0 Å². The van der Waals surface area contributed by atoms with E-state index in [9.17, 15) is 0 Å². The summed E-state index contributed by atoms with van der Waals surface area (Å²) in [5.41, 5.74) is 8.86. The fourth-order valence-corrected chi connectivity index (χ4v) is 2.96. The molecule has 3 N–H and O–H groups in total. The highest BCUT2D eigenvalue weighted by Gasteiger charge is 2.31. The molecular weight excluding hydrogens is 252 g/mol. The van der Waals surface area contributed by atoms with Crippen LogP contribution in [0.25, 0.3) is 0 Å². The predicted molar refractivity (Wildman–Crippen MR) is 67.0 cm³/mol. The second-order valence-electron chi connectivity index (χ2n) is 4.29. The molecule has 82 valence electrons. The fourth-order valence-electron chi connectivity index (χ4n) is 2.36. The number of fused-ring (bicyclic) bond motifs is 1. The Bertz CT molecular complexity index is 359. The second-order valence-corrected chi connectivity index (χ2v) is 5.14. The van der Waals surface area contributed by atoms with Gasteiger partial charge in [0.05, 0.1) is 0 Å². The normalized spacial score (nSPS) is 25.0. The Morgan fingerprint density at radius 1 is 1.53 bits per heavy atom. The second kappa shape index (κ2) is 4.24. The Balaban J connectivity index is 2.34. The first-order chi connectivity index (χ1) is 7.21. The molecule has 1 aromatic carbocycles. The standard InChI is InChI=1S/C12H17BrN2/c1-15-12(8-14)6-5-10-9(7-12)3-2-4-11(10)13/h2-4,15H,5-8,14H2,1H3. The molecule has 0 spiro atoms. The molecule has 0 saturated carbocycles. The van der Waals surface area contributed by atoms with Crippen molar-refractivity contribution in [3.63, 3.8) is 0 Å². The van der Waals surface area contributed by atoms with Gasteiger partial charge in [-0.25, -0.2) is 0 Å². The van der Waals surface area contributed by atoms with E-state index in [1.807, 2.05) is 7.05 Å². The monoisotopic (exact) mass is 268 g/mol. The molecule has 2 rings (SSSR count). The van der Waals surface area contributed by atoms with Crippen LogP contribution < -0.4 is 11.1 Å². The van der Waals surface area contributed by atoms with Crippen molar-refractivity contribution in [2.45, 2.75) is 24.8 Å². The summed E-state index contributed by atoms with van der Waals surface area (Å²) in [6.07, 6.45) is 3.26. The Morgan fingerprint density at radius 3 is 3.00 bits per heavy atom. The topological polar surface area (TPSA) is 38.0 Å². The van der Waals surface area contributed by atoms with Crippen LogP contribution >= 0.6 is 15.9 Å². The Hall–Kier alpha value is -0.380. The van der Waals surface area contributed by atoms with Crippen LogP contribution in [0.2, 0.25) is 0 Å². The highest BCUT2D eigenvalue weighted by atomic mass is 79.9. The van der Waals surface area contributed by atoms with Gasteiger partial charge in [-0.3, -0.25) is 0 Å². The van der Waals surface area contributed by atoms with Crippen LogP contribution in [0.15, 0.2) is 22.7 Å². The summed E-state index contributed by atoms with van der Waals surface area (Å²) >= 11 is 3.61. The molecule has 1 atom stereocenters. The van der Waals surface area contributed by atoms with Gasteiger partial charge in [-0.15, -0.1) is 0 Å². The maximum atomic E-state index is 5.87. The third kappa shape index (κ3) is 1.96. The summed E-state index contributed by atoms with van der Waals surface area (Å²) in [6, 6.07) is 6.43. The summed E-state index contributed by atoms with van der Waals surface area (Å²) in [7, 11) is 2.01. The number of benzene rings is 1. The molecular formula is C12H17BrN2. The molecule has 1 unspecified atom stereocenters. The summed E-state index contributed by atoms with van der Waals surface area (Å²) in [6.45, 7) is 0.704. The molecule has 0 aliphatic heterocycles. The van der Waals surface area contributed by atoms with Crippen LogP contribution in [0.1, 0.15) is 17.5 Å². The molecule has 15 heavy (non-hydrogen) atoms. The van der Waals surface area contributed by atoms with E-state index in [4.69, 9.17) is 5.73 Å². The minimum atomic E-state index is 0.105. The summed E-state index contributed by atoms with van der Waals surface area (Å²) < 4.78 is 1.24. The van der Waals surface area contributed by atoms with E-state index in [0.29, 0.717) is 6.54 Å². The fraction of sp³-hybridized carbons (Fsp3) is 0.500. The average molecular weight is 269 g/mol. The molecule has 3 heteroatoms. The van der Waals surface area contributed by atoms with E-state index in [1.54, 1.807) is 0 Å². The molecule has 1 aliphatic rings. The van der Waals surface area contributed by atoms with Crippen molar-refractivity contribution in [2.75, 3.05) is 13.6 Å². The van der Waals surface area contributed by atoms with Gasteiger partial charge in [0.25, 0.3) is 0 Å². The molecule has 1 aliphatic carbocycles. The number of nitrogens with two attached hydrogens (primary N) is 1. The summed E-state index contributed by atoms with van der Waals surface area (Å²) in [4.78, 5) is 0. The highest BCUT2D eigenvalue weighted by Crippen LogP contribution is 2.32. The van der Waals surface area contributed by atoms with Crippen molar-refractivity contribution in [1.82, 2.24) is 5.32 Å². The van der Waals surface area contributed by atoms with Gasteiger partial charge in [0, 0.05) is 16.6 Å². The lowest BCUT2D eigenvalue weighted by Gasteiger charge is -2.37. The van der Waals surface area contributed by atoms with E-state index >= 15 is 0 Å². The van der Waals surface area contributed by atoms with Gasteiger partial charge in [0.15, 0.2) is 0 Å². The summed E-state index contributed by atoms with van der Waals surface area (Å²) in [5, 5.41) is 3.39. The first-order valence-electron chi connectivity index (χ1n) is 5.36. The minimum Gasteiger partial charge on any atom is -0.329 e. The van der Waals surface area contributed by atoms with Crippen molar-refractivity contribution in [3.05, 3.63) is 33.8 Å². The van der Waals surface area contributed by atoms with Gasteiger partial charge in [0.2, 0.25) is 0 Å². The van der Waals surface area contributed by atoms with E-state index in [1.165, 1.54) is 15.6 Å². The average Bonchev–Trinajstić information content (AvgIpc) is 2.29. The smallest absolute Gasteiger partial charge is 0.0345 e. The SMILES string of the molecule is CNC1(CN)CCc2c(Br)cccc2C1. The highest BCUT2D eigenvalue weighted by molar-refractivity contribution is 9.10. The molecule has 2 nitrogen and oxygen atoms in total. The molecule has 1 aromatic rings. The Kier molecular flexibility index (Phi) is 3.14. The lowest BCUT2D eigenvalue weighted by atomic mass is 9.78. The Labute approximate surface area is 99.4 Å².